The number of carbonyl (C=O) groups excluding carboxylic acids is 1. The Hall–Kier alpha value is -2.62. The molecule has 0 radical (unpaired) electrons. The largest absolute Gasteiger partial charge is 0.393 e. The monoisotopic (exact) mass is 497 g/mol. The van der Waals surface area contributed by atoms with Crippen molar-refractivity contribution in [3.63, 3.8) is 0 Å². The minimum Gasteiger partial charge on any atom is -0.393 e. The summed E-state index contributed by atoms with van der Waals surface area (Å²) in [6, 6.07) is 7.28. The van der Waals surface area contributed by atoms with Gasteiger partial charge in [0.15, 0.2) is 0 Å². The second-order valence-electron chi connectivity index (χ2n) is 9.52. The van der Waals surface area contributed by atoms with Crippen LogP contribution in [-0.2, 0) is 6.42 Å². The van der Waals surface area contributed by atoms with E-state index in [1.165, 1.54) is 23.7 Å². The number of hydrogen-bond donors (Lipinski definition) is 2. The van der Waals surface area contributed by atoms with Gasteiger partial charge >= 0.3 is 0 Å². The molecule has 2 saturated heterocycles. The lowest BCUT2D eigenvalue weighted by Gasteiger charge is -2.41. The first-order valence-corrected chi connectivity index (χ1v) is 13.3. The molecule has 0 saturated carbocycles. The zero-order valence-electron chi connectivity index (χ0n) is 20.0. The van der Waals surface area contributed by atoms with Crippen LogP contribution in [0.5, 0.6) is 0 Å². The Bertz CT molecular complexity index is 1190. The normalized spacial score (nSPS) is 18.3. The van der Waals surface area contributed by atoms with Crippen LogP contribution in [0.15, 0.2) is 30.6 Å². The van der Waals surface area contributed by atoms with Gasteiger partial charge in [-0.25, -0.2) is 14.4 Å². The fraction of sp³-hybridized carbons (Fsp3) is 0.500. The molecule has 7 nitrogen and oxygen atoms in total. The van der Waals surface area contributed by atoms with Crippen LogP contribution in [0.25, 0.3) is 10.2 Å². The number of hydrogen-bond acceptors (Lipinski definition) is 7. The number of halogens is 1. The van der Waals surface area contributed by atoms with Crippen molar-refractivity contribution in [2.24, 2.45) is 0 Å². The molecule has 2 aliphatic rings. The molecule has 35 heavy (non-hydrogen) atoms. The third-order valence-corrected chi connectivity index (χ3v) is 8.52. The van der Waals surface area contributed by atoms with Crippen LogP contribution in [0, 0.1) is 12.7 Å². The van der Waals surface area contributed by atoms with E-state index in [0.717, 1.165) is 72.5 Å². The Morgan fingerprint density at radius 1 is 1.14 bits per heavy atom. The number of carbonyl (C=O) groups is 1. The number of nitrogens with one attached hydrogen (secondary N) is 1. The van der Waals surface area contributed by atoms with Gasteiger partial charge in [0, 0.05) is 38.8 Å². The minimum atomic E-state index is -0.205. The summed E-state index contributed by atoms with van der Waals surface area (Å²) in [5, 5.41) is 14.0. The highest BCUT2D eigenvalue weighted by Crippen LogP contribution is 2.34. The number of benzene rings is 1. The third kappa shape index (κ3) is 5.17. The lowest BCUT2D eigenvalue weighted by atomic mass is 9.98. The molecule has 2 fully saturated rings. The molecule has 2 N–H and O–H groups in total. The van der Waals surface area contributed by atoms with Crippen LogP contribution in [0.2, 0.25) is 0 Å². The number of aliphatic hydroxyl groups is 1. The first-order chi connectivity index (χ1) is 17.0. The second kappa shape index (κ2) is 10.6. The average Bonchev–Trinajstić information content (AvgIpc) is 3.22. The number of amides is 1. The maximum atomic E-state index is 13.9. The van der Waals surface area contributed by atoms with Gasteiger partial charge in [-0.1, -0.05) is 18.2 Å². The first kappa shape index (κ1) is 24.1. The number of fused-ring (bicyclic) bond motifs is 1. The van der Waals surface area contributed by atoms with E-state index >= 15 is 0 Å². The smallest absolute Gasteiger partial charge is 0.264 e. The molecular formula is C26H32FN5O2S. The van der Waals surface area contributed by atoms with E-state index in [4.69, 9.17) is 0 Å². The maximum absolute atomic E-state index is 13.9. The summed E-state index contributed by atoms with van der Waals surface area (Å²) in [6.07, 6.45) is 5.51. The summed E-state index contributed by atoms with van der Waals surface area (Å²) in [5.41, 5.74) is 1.56. The molecule has 1 amide bonds. The molecule has 0 aliphatic carbocycles. The number of aryl methyl sites for hydroxylation is 1. The summed E-state index contributed by atoms with van der Waals surface area (Å²) >= 11 is 1.42. The van der Waals surface area contributed by atoms with Crippen LogP contribution in [0.4, 0.5) is 10.2 Å². The Morgan fingerprint density at radius 2 is 1.89 bits per heavy atom. The molecule has 2 aliphatic heterocycles. The fourth-order valence-corrected chi connectivity index (χ4v) is 6.37. The fourth-order valence-electron chi connectivity index (χ4n) is 5.26. The highest BCUT2D eigenvalue weighted by Gasteiger charge is 2.31. The number of piperidine rings is 2. The SMILES string of the molecule is Cc1c(C(=O)N2CCC(N3CCC(O)CC3)CC2)sc2ncnc(NCCc3ccccc3F)c12. The summed E-state index contributed by atoms with van der Waals surface area (Å²) in [7, 11) is 0. The molecule has 9 heteroatoms. The molecule has 0 bridgehead atoms. The molecule has 5 rings (SSSR count). The number of likely N-dealkylation sites (tertiary alicyclic amines) is 2. The molecule has 3 aromatic rings. The molecule has 0 spiro atoms. The zero-order valence-corrected chi connectivity index (χ0v) is 20.9. The van der Waals surface area contributed by atoms with Crippen LogP contribution >= 0.6 is 11.3 Å². The Balaban J connectivity index is 1.25. The topological polar surface area (TPSA) is 81.6 Å². The number of aromatic nitrogens is 2. The third-order valence-electron chi connectivity index (χ3n) is 7.33. The zero-order chi connectivity index (χ0) is 24.4. The summed E-state index contributed by atoms with van der Waals surface area (Å²) in [5.74, 6) is 0.545. The van der Waals surface area contributed by atoms with E-state index in [0.29, 0.717) is 30.4 Å². The van der Waals surface area contributed by atoms with Gasteiger partial charge in [-0.15, -0.1) is 11.3 Å². The maximum Gasteiger partial charge on any atom is 0.264 e. The van der Waals surface area contributed by atoms with E-state index in [1.807, 2.05) is 17.9 Å². The quantitative estimate of drug-likeness (QED) is 0.538. The van der Waals surface area contributed by atoms with Gasteiger partial charge in [0.1, 0.15) is 22.8 Å². The van der Waals surface area contributed by atoms with Gasteiger partial charge in [-0.3, -0.25) is 4.79 Å². The van der Waals surface area contributed by atoms with E-state index < -0.39 is 0 Å². The van der Waals surface area contributed by atoms with Gasteiger partial charge < -0.3 is 20.2 Å². The van der Waals surface area contributed by atoms with Crippen molar-refractivity contribution >= 4 is 33.3 Å². The van der Waals surface area contributed by atoms with Crippen LogP contribution in [0.3, 0.4) is 0 Å². The van der Waals surface area contributed by atoms with Crippen molar-refractivity contribution in [3.8, 4) is 0 Å². The van der Waals surface area contributed by atoms with Crippen molar-refractivity contribution in [2.75, 3.05) is 38.0 Å². The molecule has 186 valence electrons. The predicted molar refractivity (Wildman–Crippen MR) is 136 cm³/mol. The number of thiophene rings is 1. The standard InChI is InChI=1S/C26H32FN5O2S/c1-17-22-24(28-11-6-18-4-2-3-5-21(18)27)29-16-30-25(22)35-23(17)26(34)32-12-7-19(8-13-32)31-14-9-20(33)10-15-31/h2-5,16,19-20,33H,6-15H2,1H3,(H,28,29,30). The molecule has 0 unspecified atom stereocenters. The Kier molecular flexibility index (Phi) is 7.27. The number of nitrogens with zero attached hydrogens (tertiary/aromatic N) is 4. The van der Waals surface area contributed by atoms with Gasteiger partial charge in [0.2, 0.25) is 0 Å². The van der Waals surface area contributed by atoms with Crippen molar-refractivity contribution in [3.05, 3.63) is 52.4 Å². The van der Waals surface area contributed by atoms with Gasteiger partial charge in [-0.2, -0.15) is 0 Å². The Labute approximate surface area is 209 Å². The lowest BCUT2D eigenvalue weighted by molar-refractivity contribution is 0.0358. The lowest BCUT2D eigenvalue weighted by Crippen LogP contribution is -2.49. The predicted octanol–water partition coefficient (Wildman–Crippen LogP) is 3.85. The summed E-state index contributed by atoms with van der Waals surface area (Å²) in [6.45, 7) is 5.88. The summed E-state index contributed by atoms with van der Waals surface area (Å²) in [4.78, 5) is 28.2. The van der Waals surface area contributed by atoms with Gasteiger partial charge in [-0.05, 0) is 56.2 Å². The Morgan fingerprint density at radius 3 is 2.63 bits per heavy atom. The van der Waals surface area contributed by atoms with Crippen LogP contribution in [-0.4, -0.2) is 75.7 Å². The highest BCUT2D eigenvalue weighted by molar-refractivity contribution is 7.20. The molecule has 2 aromatic heterocycles. The average molecular weight is 498 g/mol. The number of aliphatic hydroxyl groups excluding tert-OH is 1. The first-order valence-electron chi connectivity index (χ1n) is 12.4. The van der Waals surface area contributed by atoms with Crippen LogP contribution in [0.1, 0.15) is 46.5 Å². The van der Waals surface area contributed by atoms with E-state index in [1.54, 1.807) is 12.1 Å². The highest BCUT2D eigenvalue weighted by atomic mass is 32.1. The molecular weight excluding hydrogens is 465 g/mol. The van der Waals surface area contributed by atoms with E-state index in [-0.39, 0.29) is 17.8 Å². The van der Waals surface area contributed by atoms with Crippen molar-refractivity contribution in [1.29, 1.82) is 0 Å². The minimum absolute atomic E-state index is 0.0651. The molecule has 0 atom stereocenters. The van der Waals surface area contributed by atoms with Gasteiger partial charge in [0.05, 0.1) is 16.4 Å². The van der Waals surface area contributed by atoms with Crippen molar-refractivity contribution in [1.82, 2.24) is 19.8 Å². The molecule has 4 heterocycles. The second-order valence-corrected chi connectivity index (χ2v) is 10.5. The molecule has 1 aromatic carbocycles. The van der Waals surface area contributed by atoms with Crippen molar-refractivity contribution in [2.45, 2.75) is 51.2 Å². The van der Waals surface area contributed by atoms with E-state index in [2.05, 4.69) is 20.2 Å². The van der Waals surface area contributed by atoms with Gasteiger partial charge in [0.25, 0.3) is 5.91 Å². The number of anilines is 1. The number of rotatable bonds is 6. The summed E-state index contributed by atoms with van der Waals surface area (Å²) < 4.78 is 13.9. The van der Waals surface area contributed by atoms with E-state index in [9.17, 15) is 14.3 Å². The van der Waals surface area contributed by atoms with Crippen molar-refractivity contribution < 1.29 is 14.3 Å². The van der Waals surface area contributed by atoms with Crippen LogP contribution < -0.4 is 5.32 Å².